The number of likely N-dealkylation sites (tertiary alicyclic amines) is 1. The number of methoxy groups -OCH3 is 1. The molecule has 4 atom stereocenters. The van der Waals surface area contributed by atoms with Crippen molar-refractivity contribution >= 4 is 5.91 Å². The van der Waals surface area contributed by atoms with Gasteiger partial charge in [0.15, 0.2) is 0 Å². The predicted octanol–water partition coefficient (Wildman–Crippen LogP) is 5.29. The number of ether oxygens (including phenoxy) is 1. The minimum Gasteiger partial charge on any atom is -0.385 e. The van der Waals surface area contributed by atoms with Gasteiger partial charge in [-0.25, -0.2) is 4.39 Å². The van der Waals surface area contributed by atoms with Crippen molar-refractivity contribution in [1.82, 2.24) is 10.2 Å². The van der Waals surface area contributed by atoms with Crippen LogP contribution in [0.15, 0.2) is 42.5 Å². The molecule has 37 heavy (non-hydrogen) atoms. The Morgan fingerprint density at radius 3 is 2.78 bits per heavy atom. The zero-order valence-corrected chi connectivity index (χ0v) is 22.9. The van der Waals surface area contributed by atoms with Gasteiger partial charge in [0.25, 0.3) is 0 Å². The highest BCUT2D eigenvalue weighted by Gasteiger charge is 2.55. The molecule has 6 heteroatoms. The molecule has 1 aliphatic heterocycles. The van der Waals surface area contributed by atoms with Gasteiger partial charge < -0.3 is 20.1 Å². The van der Waals surface area contributed by atoms with Gasteiger partial charge in [-0.05, 0) is 75.1 Å². The Bertz CT molecular complexity index is 1090. The summed E-state index contributed by atoms with van der Waals surface area (Å²) >= 11 is 0. The molecule has 2 N–H and O–H groups in total. The maximum absolute atomic E-state index is 15.5. The molecule has 2 aromatic rings. The molecule has 1 unspecified atom stereocenters. The first-order valence-electron chi connectivity index (χ1n) is 13.7. The summed E-state index contributed by atoms with van der Waals surface area (Å²) in [4.78, 5) is 15.4. The van der Waals surface area contributed by atoms with Crippen LogP contribution in [-0.4, -0.2) is 56.3 Å². The molecule has 4 rings (SSSR count). The van der Waals surface area contributed by atoms with Crippen molar-refractivity contribution in [3.05, 3.63) is 59.4 Å². The number of benzene rings is 2. The minimum atomic E-state index is -1.26. The van der Waals surface area contributed by atoms with Gasteiger partial charge in [0.2, 0.25) is 5.91 Å². The monoisotopic (exact) mass is 510 g/mol. The van der Waals surface area contributed by atoms with Crippen LogP contribution in [-0.2, 0) is 15.1 Å². The SMILES string of the molecule is CNC[C@]1(C)C[C@H]1C(=O)N1CCCC([C@@](O)(CCCCOC)c2cccc(F)c2-c2cccc(C)c2)C1. The van der Waals surface area contributed by atoms with E-state index in [1.54, 1.807) is 13.2 Å². The van der Waals surface area contributed by atoms with Crippen LogP contribution in [0.1, 0.15) is 56.6 Å². The molecule has 0 spiro atoms. The Balaban J connectivity index is 1.67. The number of aliphatic hydroxyl groups is 1. The van der Waals surface area contributed by atoms with Gasteiger partial charge in [-0.2, -0.15) is 0 Å². The van der Waals surface area contributed by atoms with E-state index in [-0.39, 0.29) is 29.0 Å². The largest absolute Gasteiger partial charge is 0.385 e. The third-order valence-corrected chi connectivity index (χ3v) is 8.58. The fourth-order valence-corrected chi connectivity index (χ4v) is 6.36. The minimum absolute atomic E-state index is 0.0100. The van der Waals surface area contributed by atoms with Gasteiger partial charge >= 0.3 is 0 Å². The highest BCUT2D eigenvalue weighted by atomic mass is 19.1. The number of aryl methyl sites for hydroxylation is 1. The molecule has 2 fully saturated rings. The van der Waals surface area contributed by atoms with Crippen molar-refractivity contribution in [3.63, 3.8) is 0 Å². The number of unbranched alkanes of at least 4 members (excludes halogenated alkanes) is 1. The maximum Gasteiger partial charge on any atom is 0.226 e. The Labute approximate surface area is 221 Å². The van der Waals surface area contributed by atoms with Gasteiger partial charge in [-0.3, -0.25) is 4.79 Å². The zero-order chi connectivity index (χ0) is 26.6. The predicted molar refractivity (Wildman–Crippen MR) is 146 cm³/mol. The molecule has 0 radical (unpaired) electrons. The number of piperidine rings is 1. The van der Waals surface area contributed by atoms with Crippen molar-refractivity contribution in [3.8, 4) is 11.1 Å². The van der Waals surface area contributed by atoms with Crippen LogP contribution < -0.4 is 5.32 Å². The highest BCUT2D eigenvalue weighted by Crippen LogP contribution is 2.53. The van der Waals surface area contributed by atoms with Gasteiger partial charge in [-0.15, -0.1) is 0 Å². The van der Waals surface area contributed by atoms with Crippen LogP contribution >= 0.6 is 0 Å². The summed E-state index contributed by atoms with van der Waals surface area (Å²) in [6.45, 7) is 6.81. The summed E-state index contributed by atoms with van der Waals surface area (Å²) in [7, 11) is 3.61. The number of carbonyl (C=O) groups is 1. The number of hydrogen-bond acceptors (Lipinski definition) is 4. The van der Waals surface area contributed by atoms with Crippen molar-refractivity contribution in [2.45, 2.75) is 58.0 Å². The molecule has 2 aliphatic rings. The number of nitrogens with zero attached hydrogens (tertiary/aromatic N) is 1. The number of rotatable bonds is 11. The van der Waals surface area contributed by atoms with Crippen LogP contribution in [0.5, 0.6) is 0 Å². The summed E-state index contributed by atoms with van der Waals surface area (Å²) in [5, 5.41) is 15.7. The molecule has 0 aromatic heterocycles. The normalized spacial score (nSPS) is 25.1. The Morgan fingerprint density at radius 2 is 2.05 bits per heavy atom. The number of hydrogen-bond donors (Lipinski definition) is 2. The van der Waals surface area contributed by atoms with Crippen molar-refractivity contribution in [2.24, 2.45) is 17.3 Å². The lowest BCUT2D eigenvalue weighted by Crippen LogP contribution is -2.49. The molecular formula is C31H43FN2O3. The second kappa shape index (κ2) is 11.6. The molecule has 1 heterocycles. The Hall–Kier alpha value is -2.28. The maximum atomic E-state index is 15.5. The standard InChI is InChI=1S/C31H43FN2O3/c1-22-10-7-11-23(18-22)28-25(13-8-14-27(28)32)31(36,15-5-6-17-37-4)24-12-9-16-34(20-24)29(35)26-19-30(26,2)21-33-3/h7-8,10-11,13-14,18,24,26,33,36H,5-6,9,12,15-17,19-21H2,1-4H3/t24?,26-,30-,31-/m0/s1. The van der Waals surface area contributed by atoms with Crippen LogP contribution in [0, 0.1) is 30.0 Å². The van der Waals surface area contributed by atoms with Crippen LogP contribution in [0.25, 0.3) is 11.1 Å². The van der Waals surface area contributed by atoms with Crippen LogP contribution in [0.4, 0.5) is 4.39 Å². The molecule has 1 saturated carbocycles. The number of carbonyl (C=O) groups excluding carboxylic acids is 1. The lowest BCUT2D eigenvalue weighted by molar-refractivity contribution is -0.139. The van der Waals surface area contributed by atoms with Gasteiger partial charge in [0.05, 0.1) is 5.60 Å². The fraction of sp³-hybridized carbons (Fsp3) is 0.581. The van der Waals surface area contributed by atoms with E-state index in [0.29, 0.717) is 30.7 Å². The topological polar surface area (TPSA) is 61.8 Å². The summed E-state index contributed by atoms with van der Waals surface area (Å²) < 4.78 is 20.7. The number of nitrogens with one attached hydrogen (secondary N) is 1. The summed E-state index contributed by atoms with van der Waals surface area (Å²) in [6.07, 6.45) is 4.59. The van der Waals surface area contributed by atoms with Crippen molar-refractivity contribution < 1.29 is 19.0 Å². The fourth-order valence-electron chi connectivity index (χ4n) is 6.36. The number of halogens is 1. The van der Waals surface area contributed by atoms with E-state index in [1.807, 2.05) is 49.2 Å². The highest BCUT2D eigenvalue weighted by molar-refractivity contribution is 5.83. The van der Waals surface area contributed by atoms with E-state index in [4.69, 9.17) is 4.74 Å². The van der Waals surface area contributed by atoms with Crippen LogP contribution in [0.2, 0.25) is 0 Å². The first-order valence-corrected chi connectivity index (χ1v) is 13.7. The third kappa shape index (κ3) is 5.92. The lowest BCUT2D eigenvalue weighted by atomic mass is 9.72. The molecule has 2 aromatic carbocycles. The third-order valence-electron chi connectivity index (χ3n) is 8.58. The Morgan fingerprint density at radius 1 is 1.27 bits per heavy atom. The van der Waals surface area contributed by atoms with Crippen LogP contribution in [0.3, 0.4) is 0 Å². The second-order valence-corrected chi connectivity index (χ2v) is 11.5. The quantitative estimate of drug-likeness (QED) is 0.403. The molecule has 5 nitrogen and oxygen atoms in total. The summed E-state index contributed by atoms with van der Waals surface area (Å²) in [6, 6.07) is 12.8. The van der Waals surface area contributed by atoms with E-state index < -0.39 is 5.60 Å². The van der Waals surface area contributed by atoms with Crippen molar-refractivity contribution in [1.29, 1.82) is 0 Å². The molecule has 0 bridgehead atoms. The van der Waals surface area contributed by atoms with Gasteiger partial charge in [-0.1, -0.05) is 48.9 Å². The molecule has 1 saturated heterocycles. The average molecular weight is 511 g/mol. The van der Waals surface area contributed by atoms with E-state index in [1.165, 1.54) is 6.07 Å². The second-order valence-electron chi connectivity index (χ2n) is 11.5. The number of amides is 1. The molecule has 1 aliphatic carbocycles. The molecule has 202 valence electrons. The zero-order valence-electron chi connectivity index (χ0n) is 22.9. The molecular weight excluding hydrogens is 467 g/mol. The van der Waals surface area contributed by atoms with Gasteiger partial charge in [0.1, 0.15) is 5.82 Å². The lowest BCUT2D eigenvalue weighted by Gasteiger charge is -2.44. The first-order chi connectivity index (χ1) is 17.7. The van der Waals surface area contributed by atoms with E-state index >= 15 is 4.39 Å². The van der Waals surface area contributed by atoms with E-state index in [9.17, 15) is 9.90 Å². The van der Waals surface area contributed by atoms with E-state index in [0.717, 1.165) is 56.3 Å². The summed E-state index contributed by atoms with van der Waals surface area (Å²) in [5.41, 5.74) is 1.66. The summed E-state index contributed by atoms with van der Waals surface area (Å²) in [5.74, 6) is -0.275. The first kappa shape index (κ1) is 27.7. The van der Waals surface area contributed by atoms with Gasteiger partial charge in [0, 0.05) is 50.8 Å². The van der Waals surface area contributed by atoms with E-state index in [2.05, 4.69) is 12.2 Å². The smallest absolute Gasteiger partial charge is 0.226 e. The Kier molecular flexibility index (Phi) is 8.72. The molecule has 1 amide bonds. The average Bonchev–Trinajstić information content (AvgIpc) is 3.56. The van der Waals surface area contributed by atoms with Crippen molar-refractivity contribution in [2.75, 3.05) is 40.4 Å².